The first kappa shape index (κ1) is 10.6. The Bertz CT molecular complexity index is 168. The van der Waals surface area contributed by atoms with Crippen molar-refractivity contribution in [3.05, 3.63) is 0 Å². The Hall–Kier alpha value is -0.440. The van der Waals surface area contributed by atoms with E-state index in [1.54, 1.807) is 0 Å². The third kappa shape index (κ3) is 5.98. The lowest BCUT2D eigenvalue weighted by Gasteiger charge is -2.16. The topological polar surface area (TPSA) is 0 Å². The van der Waals surface area contributed by atoms with Gasteiger partial charge >= 0.3 is 0 Å². The number of hydrogen-bond acceptors (Lipinski definition) is 0. The van der Waals surface area contributed by atoms with Gasteiger partial charge in [0.05, 0.1) is 0 Å². The van der Waals surface area contributed by atoms with E-state index in [0.29, 0.717) is 0 Å². The molecule has 0 nitrogen and oxygen atoms in total. The van der Waals surface area contributed by atoms with Crippen molar-refractivity contribution >= 4 is 0 Å². The minimum absolute atomic E-state index is 0.145. The molecule has 0 aromatic rings. The number of hydrogen-bond donors (Lipinski definition) is 0. The van der Waals surface area contributed by atoms with Crippen LogP contribution in [0.1, 0.15) is 48.0 Å². The molecule has 0 heterocycles. The van der Waals surface area contributed by atoms with Crippen LogP contribution in [0.4, 0.5) is 0 Å². The van der Waals surface area contributed by atoms with Gasteiger partial charge < -0.3 is 0 Å². The van der Waals surface area contributed by atoms with E-state index in [1.165, 1.54) is 0 Å². The molecule has 0 unspecified atom stereocenters. The van der Waals surface area contributed by atoms with E-state index in [4.69, 9.17) is 0 Å². The fraction of sp³-hybridized carbons (Fsp3) is 0.818. The predicted molar refractivity (Wildman–Crippen MR) is 51.3 cm³/mol. The molecular formula is C11H20. The molecule has 0 saturated heterocycles. The summed E-state index contributed by atoms with van der Waals surface area (Å²) in [7, 11) is 0. The maximum absolute atomic E-state index is 3.30. The zero-order valence-electron chi connectivity index (χ0n) is 8.71. The molecule has 0 N–H and O–H groups in total. The smallest absolute Gasteiger partial charge is 0.0256 e. The molecule has 0 radical (unpaired) electrons. The lowest BCUT2D eigenvalue weighted by molar-refractivity contribution is 0.478. The van der Waals surface area contributed by atoms with E-state index in [9.17, 15) is 0 Å². The van der Waals surface area contributed by atoms with Crippen LogP contribution in [0.2, 0.25) is 0 Å². The molecule has 0 rings (SSSR count). The Balaban J connectivity index is 4.29. The highest BCUT2D eigenvalue weighted by molar-refractivity contribution is 5.13. The first-order valence-electron chi connectivity index (χ1n) is 4.31. The minimum atomic E-state index is 0.145. The Morgan fingerprint density at radius 3 is 1.64 bits per heavy atom. The minimum Gasteiger partial charge on any atom is -0.0968 e. The molecule has 0 aromatic carbocycles. The Kier molecular flexibility index (Phi) is 3.17. The highest BCUT2D eigenvalue weighted by Crippen LogP contribution is 2.19. The molecule has 0 aromatic heterocycles. The molecule has 0 aliphatic heterocycles. The van der Waals surface area contributed by atoms with Gasteiger partial charge in [-0.25, -0.2) is 0 Å². The summed E-state index contributed by atoms with van der Waals surface area (Å²) in [5.41, 5.74) is 0.333. The summed E-state index contributed by atoms with van der Waals surface area (Å²) in [6.45, 7) is 13.0. The lowest BCUT2D eigenvalue weighted by Crippen LogP contribution is -2.08. The summed E-state index contributed by atoms with van der Waals surface area (Å²) in [6.07, 6.45) is 1.12. The largest absolute Gasteiger partial charge is 0.0968 e. The van der Waals surface area contributed by atoms with Crippen LogP contribution in [0, 0.1) is 22.7 Å². The molecule has 11 heavy (non-hydrogen) atoms. The van der Waals surface area contributed by atoms with Crippen LogP contribution in [0.25, 0.3) is 0 Å². The lowest BCUT2D eigenvalue weighted by atomic mass is 9.88. The van der Waals surface area contributed by atoms with Gasteiger partial charge in [-0.3, -0.25) is 0 Å². The van der Waals surface area contributed by atoms with E-state index < -0.39 is 0 Å². The standard InChI is InChI=1S/C11H20/c1-7-11(5,6)9-8-10(2,3)4/h7H2,1-6H3. The summed E-state index contributed by atoms with van der Waals surface area (Å²) < 4.78 is 0. The second-order valence-corrected chi connectivity index (χ2v) is 4.74. The maximum atomic E-state index is 3.30. The van der Waals surface area contributed by atoms with E-state index in [2.05, 4.69) is 53.4 Å². The average molecular weight is 152 g/mol. The summed E-state index contributed by atoms with van der Waals surface area (Å²) in [6, 6.07) is 0. The Labute approximate surface area is 71.4 Å². The van der Waals surface area contributed by atoms with E-state index >= 15 is 0 Å². The predicted octanol–water partition coefficient (Wildman–Crippen LogP) is 3.47. The van der Waals surface area contributed by atoms with Crippen LogP contribution in [0.3, 0.4) is 0 Å². The average Bonchev–Trinajstić information content (AvgIpc) is 1.83. The van der Waals surface area contributed by atoms with E-state index in [-0.39, 0.29) is 10.8 Å². The van der Waals surface area contributed by atoms with Gasteiger partial charge in [0.1, 0.15) is 0 Å². The van der Waals surface area contributed by atoms with Crippen LogP contribution in [-0.4, -0.2) is 0 Å². The molecular weight excluding hydrogens is 132 g/mol. The van der Waals surface area contributed by atoms with Crippen molar-refractivity contribution in [3.63, 3.8) is 0 Å². The van der Waals surface area contributed by atoms with Crippen molar-refractivity contribution < 1.29 is 0 Å². The van der Waals surface area contributed by atoms with Crippen molar-refractivity contribution in [3.8, 4) is 11.8 Å². The fourth-order valence-corrected chi connectivity index (χ4v) is 0.445. The van der Waals surface area contributed by atoms with Crippen molar-refractivity contribution in [2.24, 2.45) is 10.8 Å². The molecule has 0 bridgehead atoms. The second kappa shape index (κ2) is 3.30. The van der Waals surface area contributed by atoms with Gasteiger partial charge in [0, 0.05) is 10.8 Å². The summed E-state index contributed by atoms with van der Waals surface area (Å²) in [4.78, 5) is 0. The van der Waals surface area contributed by atoms with Gasteiger partial charge in [-0.05, 0) is 41.0 Å². The highest BCUT2D eigenvalue weighted by atomic mass is 14.1. The normalized spacial score (nSPS) is 12.2. The van der Waals surface area contributed by atoms with E-state index in [1.807, 2.05) is 0 Å². The first-order valence-corrected chi connectivity index (χ1v) is 4.31. The molecule has 0 fully saturated rings. The molecule has 0 atom stereocenters. The monoisotopic (exact) mass is 152 g/mol. The first-order chi connectivity index (χ1) is 4.77. The molecule has 0 spiro atoms. The zero-order valence-corrected chi connectivity index (χ0v) is 8.71. The molecule has 0 saturated carbocycles. The number of rotatable bonds is 1. The van der Waals surface area contributed by atoms with Gasteiger partial charge in [0.25, 0.3) is 0 Å². The van der Waals surface area contributed by atoms with Crippen molar-refractivity contribution in [2.45, 2.75) is 48.0 Å². The molecule has 0 amide bonds. The Morgan fingerprint density at radius 2 is 1.36 bits per heavy atom. The molecule has 0 aliphatic carbocycles. The summed E-state index contributed by atoms with van der Waals surface area (Å²) in [5.74, 6) is 6.56. The van der Waals surface area contributed by atoms with Gasteiger partial charge in [-0.1, -0.05) is 18.8 Å². The third-order valence-electron chi connectivity index (χ3n) is 1.66. The van der Waals surface area contributed by atoms with Gasteiger partial charge in [0.15, 0.2) is 0 Å². The van der Waals surface area contributed by atoms with Crippen LogP contribution in [0.15, 0.2) is 0 Å². The van der Waals surface area contributed by atoms with E-state index in [0.717, 1.165) is 6.42 Å². The summed E-state index contributed by atoms with van der Waals surface area (Å²) in [5, 5.41) is 0. The van der Waals surface area contributed by atoms with Crippen molar-refractivity contribution in [1.29, 1.82) is 0 Å². The third-order valence-corrected chi connectivity index (χ3v) is 1.66. The van der Waals surface area contributed by atoms with Gasteiger partial charge in [-0.2, -0.15) is 0 Å². The van der Waals surface area contributed by atoms with Crippen LogP contribution < -0.4 is 0 Å². The van der Waals surface area contributed by atoms with Crippen LogP contribution in [-0.2, 0) is 0 Å². The highest BCUT2D eigenvalue weighted by Gasteiger charge is 2.12. The maximum Gasteiger partial charge on any atom is 0.0256 e. The van der Waals surface area contributed by atoms with Gasteiger partial charge in [0.2, 0.25) is 0 Å². The summed E-state index contributed by atoms with van der Waals surface area (Å²) >= 11 is 0. The van der Waals surface area contributed by atoms with Crippen molar-refractivity contribution in [2.75, 3.05) is 0 Å². The fourth-order valence-electron chi connectivity index (χ4n) is 0.445. The molecule has 0 heteroatoms. The quantitative estimate of drug-likeness (QED) is 0.505. The van der Waals surface area contributed by atoms with Gasteiger partial charge in [-0.15, -0.1) is 0 Å². The Morgan fingerprint density at radius 1 is 0.909 bits per heavy atom. The van der Waals surface area contributed by atoms with Crippen molar-refractivity contribution in [1.82, 2.24) is 0 Å². The molecule has 0 aliphatic rings. The zero-order chi connectivity index (χ0) is 9.12. The van der Waals surface area contributed by atoms with Crippen LogP contribution >= 0.6 is 0 Å². The second-order valence-electron chi connectivity index (χ2n) is 4.74. The van der Waals surface area contributed by atoms with Crippen LogP contribution in [0.5, 0.6) is 0 Å². The SMILES string of the molecule is CCC(C)(C)C#CC(C)(C)C. The molecule has 64 valence electrons.